The van der Waals surface area contributed by atoms with Crippen molar-refractivity contribution in [1.29, 1.82) is 0 Å². The number of halogens is 2. The molecule has 0 bridgehead atoms. The quantitative estimate of drug-likeness (QED) is 0.603. The molecule has 1 saturated heterocycles. The van der Waals surface area contributed by atoms with Gasteiger partial charge in [-0.25, -0.2) is 4.39 Å². The molecule has 1 fully saturated rings. The summed E-state index contributed by atoms with van der Waals surface area (Å²) in [5.74, 6) is -0.0968. The summed E-state index contributed by atoms with van der Waals surface area (Å²) in [4.78, 5) is 4.72. The number of rotatable bonds is 4. The van der Waals surface area contributed by atoms with Gasteiger partial charge < -0.3 is 10.0 Å². The summed E-state index contributed by atoms with van der Waals surface area (Å²) in [6.07, 6.45) is 0. The Balaban J connectivity index is 1.68. The van der Waals surface area contributed by atoms with Gasteiger partial charge in [0, 0.05) is 31.7 Å². The van der Waals surface area contributed by atoms with E-state index in [4.69, 9.17) is 11.6 Å². The van der Waals surface area contributed by atoms with Crippen LogP contribution in [0.5, 0.6) is 5.75 Å². The summed E-state index contributed by atoms with van der Waals surface area (Å²) in [6, 6.07) is 22.4. The molecule has 0 amide bonds. The van der Waals surface area contributed by atoms with Gasteiger partial charge >= 0.3 is 0 Å². The van der Waals surface area contributed by atoms with Gasteiger partial charge in [0.2, 0.25) is 0 Å². The van der Waals surface area contributed by atoms with E-state index in [-0.39, 0.29) is 23.7 Å². The second-order valence-corrected chi connectivity index (χ2v) is 8.05. The van der Waals surface area contributed by atoms with Crippen LogP contribution in [-0.2, 0) is 6.54 Å². The average molecular weight is 411 g/mol. The highest BCUT2D eigenvalue weighted by atomic mass is 35.5. The first-order chi connectivity index (χ1) is 14.0. The Morgan fingerprint density at radius 3 is 2.41 bits per heavy atom. The van der Waals surface area contributed by atoms with Gasteiger partial charge in [0.1, 0.15) is 11.6 Å². The van der Waals surface area contributed by atoms with Crippen molar-refractivity contribution in [2.75, 3.05) is 18.0 Å². The minimum Gasteiger partial charge on any atom is -0.508 e. The van der Waals surface area contributed by atoms with Gasteiger partial charge in [-0.3, -0.25) is 4.90 Å². The van der Waals surface area contributed by atoms with Crippen molar-refractivity contribution in [2.45, 2.75) is 25.6 Å². The van der Waals surface area contributed by atoms with Crippen LogP contribution in [0.25, 0.3) is 0 Å². The number of hydrogen-bond acceptors (Lipinski definition) is 3. The summed E-state index contributed by atoms with van der Waals surface area (Å²) in [6.45, 7) is 4.71. The molecule has 0 aliphatic carbocycles. The van der Waals surface area contributed by atoms with Gasteiger partial charge in [-0.1, -0.05) is 54.1 Å². The Bertz CT molecular complexity index is 964. The summed E-state index contributed by atoms with van der Waals surface area (Å²) in [7, 11) is 0. The van der Waals surface area contributed by atoms with Crippen LogP contribution in [-0.4, -0.2) is 29.1 Å². The maximum Gasteiger partial charge on any atom is 0.123 e. The van der Waals surface area contributed by atoms with Crippen molar-refractivity contribution in [3.05, 3.63) is 94.8 Å². The van der Waals surface area contributed by atoms with Crippen molar-refractivity contribution in [3.8, 4) is 5.75 Å². The Kier molecular flexibility index (Phi) is 5.74. The highest BCUT2D eigenvalue weighted by Crippen LogP contribution is 2.39. The fraction of sp³-hybridized carbons (Fsp3) is 0.250. The average Bonchev–Trinajstić information content (AvgIpc) is 2.70. The van der Waals surface area contributed by atoms with Crippen LogP contribution in [0.4, 0.5) is 10.1 Å². The van der Waals surface area contributed by atoms with E-state index in [1.54, 1.807) is 12.1 Å². The molecule has 1 N–H and O–H groups in total. The van der Waals surface area contributed by atoms with Gasteiger partial charge in [0.05, 0.1) is 16.8 Å². The number of phenolic OH excluding ortho intramolecular Hbond substituents is 1. The number of phenols is 1. The molecule has 150 valence electrons. The lowest BCUT2D eigenvalue weighted by Crippen LogP contribution is -2.53. The van der Waals surface area contributed by atoms with E-state index >= 15 is 0 Å². The Hall–Kier alpha value is -2.56. The lowest BCUT2D eigenvalue weighted by molar-refractivity contribution is 0.187. The Labute approximate surface area is 176 Å². The zero-order valence-corrected chi connectivity index (χ0v) is 17.1. The van der Waals surface area contributed by atoms with E-state index in [9.17, 15) is 9.50 Å². The summed E-state index contributed by atoms with van der Waals surface area (Å²) in [5.41, 5.74) is 3.19. The SMILES string of the molecule is CC1CN(Cc2ccccc2)CC(c2ccc(F)cc2)N1c1ccc(O)cc1Cl. The van der Waals surface area contributed by atoms with Gasteiger partial charge in [-0.05, 0) is 42.3 Å². The van der Waals surface area contributed by atoms with Crippen molar-refractivity contribution < 1.29 is 9.50 Å². The van der Waals surface area contributed by atoms with E-state index in [1.165, 1.54) is 17.7 Å². The lowest BCUT2D eigenvalue weighted by atomic mass is 9.97. The standard InChI is InChI=1S/C24H24ClFN2O/c1-17-14-27(15-18-5-3-2-4-6-18)16-24(19-7-9-20(26)10-8-19)28(17)23-12-11-21(29)13-22(23)25/h2-13,17,24,29H,14-16H2,1H3. The molecular formula is C24H24ClFN2O. The smallest absolute Gasteiger partial charge is 0.123 e. The van der Waals surface area contributed by atoms with Gasteiger partial charge in [0.15, 0.2) is 0 Å². The van der Waals surface area contributed by atoms with E-state index < -0.39 is 0 Å². The van der Waals surface area contributed by atoms with Crippen molar-refractivity contribution in [2.24, 2.45) is 0 Å². The minimum absolute atomic E-state index is 0.0186. The number of hydrogen-bond donors (Lipinski definition) is 1. The summed E-state index contributed by atoms with van der Waals surface area (Å²) in [5, 5.41) is 10.3. The second-order valence-electron chi connectivity index (χ2n) is 7.64. The molecule has 0 spiro atoms. The summed E-state index contributed by atoms with van der Waals surface area (Å²) >= 11 is 6.50. The van der Waals surface area contributed by atoms with Crippen LogP contribution >= 0.6 is 11.6 Å². The zero-order valence-electron chi connectivity index (χ0n) is 16.3. The molecule has 3 aromatic carbocycles. The Morgan fingerprint density at radius 2 is 1.72 bits per heavy atom. The van der Waals surface area contributed by atoms with Crippen molar-refractivity contribution in [3.63, 3.8) is 0 Å². The molecule has 1 heterocycles. The molecule has 0 aromatic heterocycles. The minimum atomic E-state index is -0.243. The lowest BCUT2D eigenvalue weighted by Gasteiger charge is -2.47. The van der Waals surface area contributed by atoms with Crippen molar-refractivity contribution in [1.82, 2.24) is 4.90 Å². The molecule has 0 radical (unpaired) electrons. The topological polar surface area (TPSA) is 26.7 Å². The van der Waals surface area contributed by atoms with Crippen LogP contribution in [0, 0.1) is 5.82 Å². The van der Waals surface area contributed by atoms with E-state index in [1.807, 2.05) is 24.3 Å². The van der Waals surface area contributed by atoms with Crippen LogP contribution in [0.3, 0.4) is 0 Å². The largest absolute Gasteiger partial charge is 0.508 e. The maximum absolute atomic E-state index is 13.6. The third-order valence-electron chi connectivity index (χ3n) is 5.48. The van der Waals surface area contributed by atoms with E-state index in [0.29, 0.717) is 5.02 Å². The third kappa shape index (κ3) is 4.39. The highest BCUT2D eigenvalue weighted by Gasteiger charge is 2.34. The van der Waals surface area contributed by atoms with Crippen LogP contribution in [0.2, 0.25) is 5.02 Å². The molecule has 0 saturated carbocycles. The van der Waals surface area contributed by atoms with Gasteiger partial charge in [0.25, 0.3) is 0 Å². The molecule has 3 aromatic rings. The Morgan fingerprint density at radius 1 is 1.00 bits per heavy atom. The van der Waals surface area contributed by atoms with Crippen LogP contribution in [0.1, 0.15) is 24.1 Å². The second kappa shape index (κ2) is 8.44. The predicted molar refractivity (Wildman–Crippen MR) is 116 cm³/mol. The van der Waals surface area contributed by atoms with Gasteiger partial charge in [-0.15, -0.1) is 0 Å². The predicted octanol–water partition coefficient (Wildman–Crippen LogP) is 5.64. The monoisotopic (exact) mass is 410 g/mol. The normalized spacial score (nSPS) is 20.0. The third-order valence-corrected chi connectivity index (χ3v) is 5.78. The number of aromatic hydroxyl groups is 1. The first-order valence-electron chi connectivity index (χ1n) is 9.80. The van der Waals surface area contributed by atoms with Crippen molar-refractivity contribution >= 4 is 17.3 Å². The molecule has 1 aliphatic rings. The fourth-order valence-electron chi connectivity index (χ4n) is 4.21. The number of benzene rings is 3. The molecule has 4 rings (SSSR count). The highest BCUT2D eigenvalue weighted by molar-refractivity contribution is 6.33. The number of nitrogens with zero attached hydrogens (tertiary/aromatic N) is 2. The zero-order chi connectivity index (χ0) is 20.4. The molecule has 3 nitrogen and oxygen atoms in total. The molecule has 2 atom stereocenters. The first-order valence-corrected chi connectivity index (χ1v) is 10.2. The molecule has 2 unspecified atom stereocenters. The van der Waals surface area contributed by atoms with E-state index in [0.717, 1.165) is 30.9 Å². The number of anilines is 1. The summed E-state index contributed by atoms with van der Waals surface area (Å²) < 4.78 is 13.6. The van der Waals surface area contributed by atoms with Crippen LogP contribution in [0.15, 0.2) is 72.8 Å². The molecule has 1 aliphatic heterocycles. The van der Waals surface area contributed by atoms with Crippen LogP contribution < -0.4 is 4.90 Å². The van der Waals surface area contributed by atoms with Gasteiger partial charge in [-0.2, -0.15) is 0 Å². The maximum atomic E-state index is 13.6. The fourth-order valence-corrected chi connectivity index (χ4v) is 4.48. The molecule has 29 heavy (non-hydrogen) atoms. The molecule has 5 heteroatoms. The van der Waals surface area contributed by atoms with E-state index in [2.05, 4.69) is 41.0 Å². The number of piperazine rings is 1. The molecular weight excluding hydrogens is 387 g/mol. The first kappa shape index (κ1) is 19.7.